The second-order valence-electron chi connectivity index (χ2n) is 8.54. The molecule has 35 heavy (non-hydrogen) atoms. The monoisotopic (exact) mass is 512 g/mol. The molecule has 1 unspecified atom stereocenters. The van der Waals surface area contributed by atoms with Crippen LogP contribution in [0.1, 0.15) is 48.6 Å². The van der Waals surface area contributed by atoms with E-state index in [0.29, 0.717) is 29.3 Å². The van der Waals surface area contributed by atoms with Crippen molar-refractivity contribution in [2.45, 2.75) is 50.5 Å². The lowest BCUT2D eigenvalue weighted by Gasteiger charge is -2.47. The minimum Gasteiger partial charge on any atom is -0.480 e. The maximum atomic E-state index is 13.9. The molecule has 1 saturated heterocycles. The van der Waals surface area contributed by atoms with E-state index in [1.807, 2.05) is 43.3 Å². The summed E-state index contributed by atoms with van der Waals surface area (Å²) in [6, 6.07) is 16.3. The van der Waals surface area contributed by atoms with Gasteiger partial charge in [0.05, 0.1) is 6.04 Å². The number of ether oxygens (including phenoxy) is 1. The minimum atomic E-state index is -1.04. The molecule has 3 aromatic rings. The molecular formula is C27H26Cl2N2O4. The van der Waals surface area contributed by atoms with Crippen LogP contribution in [0.2, 0.25) is 10.0 Å². The summed E-state index contributed by atoms with van der Waals surface area (Å²) in [6.45, 7) is 1.91. The van der Waals surface area contributed by atoms with Crippen LogP contribution >= 0.6 is 23.2 Å². The van der Waals surface area contributed by atoms with E-state index in [9.17, 15) is 14.7 Å². The topological polar surface area (TPSA) is 79.7 Å². The fourth-order valence-electron chi connectivity index (χ4n) is 4.54. The molecule has 182 valence electrons. The van der Waals surface area contributed by atoms with E-state index in [-0.39, 0.29) is 5.91 Å². The number of carbonyl (C=O) groups is 2. The molecule has 0 saturated carbocycles. The highest BCUT2D eigenvalue weighted by atomic mass is 35.5. The Balaban J connectivity index is 1.85. The van der Waals surface area contributed by atoms with Gasteiger partial charge in [-0.05, 0) is 59.5 Å². The third-order valence-electron chi connectivity index (χ3n) is 6.19. The second-order valence-corrected chi connectivity index (χ2v) is 9.41. The molecule has 1 amide bonds. The van der Waals surface area contributed by atoms with E-state index in [0.717, 1.165) is 16.7 Å². The van der Waals surface area contributed by atoms with Gasteiger partial charge in [0.2, 0.25) is 0 Å². The first kappa shape index (κ1) is 25.2. The van der Waals surface area contributed by atoms with Gasteiger partial charge in [-0.15, -0.1) is 0 Å². The lowest BCUT2D eigenvalue weighted by molar-refractivity contribution is -0.184. The Morgan fingerprint density at radius 1 is 1.00 bits per heavy atom. The van der Waals surface area contributed by atoms with Gasteiger partial charge in [0.1, 0.15) is 18.2 Å². The van der Waals surface area contributed by atoms with Gasteiger partial charge in [0, 0.05) is 28.9 Å². The van der Waals surface area contributed by atoms with Crippen molar-refractivity contribution in [1.82, 2.24) is 9.88 Å². The maximum Gasteiger partial charge on any atom is 0.326 e. The molecule has 1 aromatic heterocycles. The van der Waals surface area contributed by atoms with E-state index in [1.165, 1.54) is 4.90 Å². The summed E-state index contributed by atoms with van der Waals surface area (Å²) < 4.78 is 6.48. The first-order valence-electron chi connectivity index (χ1n) is 11.5. The van der Waals surface area contributed by atoms with Crippen LogP contribution in [-0.2, 0) is 20.7 Å². The van der Waals surface area contributed by atoms with E-state index in [1.54, 1.807) is 36.7 Å². The van der Waals surface area contributed by atoms with Crippen LogP contribution in [0.3, 0.4) is 0 Å². The number of rotatable bonds is 8. The molecule has 0 spiro atoms. The number of morpholine rings is 1. The summed E-state index contributed by atoms with van der Waals surface area (Å²) in [4.78, 5) is 31.9. The summed E-state index contributed by atoms with van der Waals surface area (Å²) in [5, 5.41) is 11.3. The molecule has 6 nitrogen and oxygen atoms in total. The fourth-order valence-corrected chi connectivity index (χ4v) is 4.79. The van der Waals surface area contributed by atoms with Crippen LogP contribution in [0.25, 0.3) is 0 Å². The molecule has 0 aliphatic carbocycles. The second kappa shape index (κ2) is 11.2. The molecule has 2 aromatic carbocycles. The molecule has 1 N–H and O–H groups in total. The molecule has 1 aliphatic rings. The largest absolute Gasteiger partial charge is 0.480 e. The lowest BCUT2D eigenvalue weighted by atomic mass is 9.89. The number of hydrogen-bond acceptors (Lipinski definition) is 4. The Bertz CT molecular complexity index is 1160. The standard InChI is InChI=1S/C27H26Cl2N2O4/c1-2-3-22(27(33)34)31-24(18-4-8-20(28)9-5-18)25(19-6-10-21(29)11-7-19)35-23(26(31)32)16-17-12-14-30-15-13-17/h4-15,22-25H,2-3,16H2,1H3,(H,33,34)/t22-,23+,24-,25?/m0/s1. The van der Waals surface area contributed by atoms with Crippen molar-refractivity contribution < 1.29 is 19.4 Å². The van der Waals surface area contributed by atoms with Gasteiger partial charge in [-0.1, -0.05) is 60.8 Å². The van der Waals surface area contributed by atoms with Crippen molar-refractivity contribution in [2.75, 3.05) is 0 Å². The first-order valence-corrected chi connectivity index (χ1v) is 12.2. The number of hydrogen-bond donors (Lipinski definition) is 1. The molecule has 1 fully saturated rings. The Morgan fingerprint density at radius 2 is 1.57 bits per heavy atom. The van der Waals surface area contributed by atoms with E-state index < -0.39 is 30.3 Å². The smallest absolute Gasteiger partial charge is 0.326 e. The number of carboxylic acids is 1. The lowest BCUT2D eigenvalue weighted by Crippen LogP contribution is -2.57. The summed E-state index contributed by atoms with van der Waals surface area (Å²) in [7, 11) is 0. The minimum absolute atomic E-state index is 0.299. The summed E-state index contributed by atoms with van der Waals surface area (Å²) >= 11 is 12.3. The predicted molar refractivity (Wildman–Crippen MR) is 134 cm³/mol. The number of carboxylic acid groups (broad SMARTS) is 1. The highest BCUT2D eigenvalue weighted by Crippen LogP contribution is 2.44. The molecule has 8 heteroatoms. The van der Waals surface area contributed by atoms with Crippen LogP contribution in [0.5, 0.6) is 0 Å². The van der Waals surface area contributed by atoms with Gasteiger partial charge in [-0.25, -0.2) is 4.79 Å². The Hall–Kier alpha value is -2.93. The Morgan fingerprint density at radius 3 is 2.11 bits per heavy atom. The first-order chi connectivity index (χ1) is 16.9. The zero-order chi connectivity index (χ0) is 24.9. The number of aromatic nitrogens is 1. The van der Waals surface area contributed by atoms with Crippen LogP contribution in [0, 0.1) is 0 Å². The van der Waals surface area contributed by atoms with Crippen molar-refractivity contribution in [1.29, 1.82) is 0 Å². The van der Waals surface area contributed by atoms with Gasteiger partial charge in [-0.3, -0.25) is 9.78 Å². The van der Waals surface area contributed by atoms with Crippen molar-refractivity contribution in [2.24, 2.45) is 0 Å². The SMILES string of the molecule is CCC[C@@H](C(=O)O)N1C(=O)[C@@H](Cc2ccncc2)OC(c2ccc(Cl)cc2)[C@@H]1c1ccc(Cl)cc1. The molecule has 0 radical (unpaired) electrons. The maximum absolute atomic E-state index is 13.9. The third-order valence-corrected chi connectivity index (χ3v) is 6.69. The number of nitrogens with zero attached hydrogens (tertiary/aromatic N) is 2. The summed E-state index contributed by atoms with van der Waals surface area (Å²) in [5.74, 6) is -1.40. The number of benzene rings is 2. The number of pyridine rings is 1. The highest BCUT2D eigenvalue weighted by Gasteiger charge is 2.48. The van der Waals surface area contributed by atoms with Gasteiger partial charge >= 0.3 is 5.97 Å². The fraction of sp³-hybridized carbons (Fsp3) is 0.296. The quantitative estimate of drug-likeness (QED) is 0.406. The van der Waals surface area contributed by atoms with E-state index in [2.05, 4.69) is 4.98 Å². The average Bonchev–Trinajstić information content (AvgIpc) is 2.85. The summed E-state index contributed by atoms with van der Waals surface area (Å²) in [5.41, 5.74) is 2.42. The zero-order valence-corrected chi connectivity index (χ0v) is 20.7. The normalized spacial score (nSPS) is 21.1. The average molecular weight is 513 g/mol. The number of amides is 1. The van der Waals surface area contributed by atoms with Gasteiger partial charge in [0.15, 0.2) is 0 Å². The van der Waals surface area contributed by atoms with Crippen LogP contribution < -0.4 is 0 Å². The van der Waals surface area contributed by atoms with Crippen molar-refractivity contribution >= 4 is 35.1 Å². The number of carbonyl (C=O) groups excluding carboxylic acids is 1. The highest BCUT2D eigenvalue weighted by molar-refractivity contribution is 6.30. The van der Waals surface area contributed by atoms with Crippen molar-refractivity contribution in [3.8, 4) is 0 Å². The molecular weight excluding hydrogens is 487 g/mol. The predicted octanol–water partition coefficient (Wildman–Crippen LogP) is 5.89. The van der Waals surface area contributed by atoms with Crippen LogP contribution in [0.4, 0.5) is 0 Å². The zero-order valence-electron chi connectivity index (χ0n) is 19.2. The van der Waals surface area contributed by atoms with E-state index in [4.69, 9.17) is 27.9 Å². The molecule has 1 aliphatic heterocycles. The Labute approximate surface area is 214 Å². The van der Waals surface area contributed by atoms with Crippen molar-refractivity contribution in [3.05, 3.63) is 99.8 Å². The van der Waals surface area contributed by atoms with Gasteiger partial charge in [-0.2, -0.15) is 0 Å². The molecule has 4 rings (SSSR count). The summed E-state index contributed by atoms with van der Waals surface area (Å²) in [6.07, 6.45) is 3.07. The third kappa shape index (κ3) is 5.67. The van der Waals surface area contributed by atoms with Gasteiger partial charge in [0.25, 0.3) is 5.91 Å². The van der Waals surface area contributed by atoms with Crippen LogP contribution in [-0.4, -0.2) is 39.0 Å². The van der Waals surface area contributed by atoms with Crippen molar-refractivity contribution in [3.63, 3.8) is 0 Å². The number of aliphatic carboxylic acids is 1. The Kier molecular flexibility index (Phi) is 8.06. The van der Waals surface area contributed by atoms with Gasteiger partial charge < -0.3 is 14.7 Å². The molecule has 0 bridgehead atoms. The number of halogens is 2. The van der Waals surface area contributed by atoms with E-state index >= 15 is 0 Å². The van der Waals surface area contributed by atoms with Crippen LogP contribution in [0.15, 0.2) is 73.1 Å². The molecule has 2 heterocycles. The molecule has 4 atom stereocenters.